The van der Waals surface area contributed by atoms with E-state index in [1.165, 1.54) is 11.1 Å². The SMILES string of the molecule is Cc1ccccc1OCCCn1c(CN2CCOCC2)nc2ccccc21.Cl. The van der Waals surface area contributed by atoms with Gasteiger partial charge in [0.15, 0.2) is 0 Å². The van der Waals surface area contributed by atoms with Gasteiger partial charge in [-0.05, 0) is 37.1 Å². The first-order valence-electron chi connectivity index (χ1n) is 9.74. The fraction of sp³-hybridized carbons (Fsp3) is 0.409. The Balaban J connectivity index is 0.00000225. The second-order valence-electron chi connectivity index (χ2n) is 7.02. The predicted molar refractivity (Wildman–Crippen MR) is 114 cm³/mol. The number of hydrogen-bond donors (Lipinski definition) is 0. The fourth-order valence-electron chi connectivity index (χ4n) is 3.58. The Labute approximate surface area is 172 Å². The molecule has 0 bridgehead atoms. The molecule has 0 amide bonds. The molecule has 2 aromatic carbocycles. The molecule has 0 radical (unpaired) electrons. The number of aromatic nitrogens is 2. The van der Waals surface area contributed by atoms with Gasteiger partial charge in [0.25, 0.3) is 0 Å². The van der Waals surface area contributed by atoms with Gasteiger partial charge in [-0.2, -0.15) is 0 Å². The van der Waals surface area contributed by atoms with E-state index in [1.807, 2.05) is 18.2 Å². The highest BCUT2D eigenvalue weighted by Gasteiger charge is 2.16. The number of fused-ring (bicyclic) bond motifs is 1. The standard InChI is InChI=1S/C22H27N3O2.ClH/c1-18-7-2-5-10-21(18)27-14-6-11-25-20-9-4-3-8-19(20)23-22(25)17-24-12-15-26-16-13-24;/h2-5,7-10H,6,11-17H2,1H3;1H. The molecule has 0 atom stereocenters. The molecule has 6 heteroatoms. The topological polar surface area (TPSA) is 39.5 Å². The maximum atomic E-state index is 5.98. The van der Waals surface area contributed by atoms with Gasteiger partial charge in [-0.3, -0.25) is 4.90 Å². The summed E-state index contributed by atoms with van der Waals surface area (Å²) in [5.41, 5.74) is 3.45. The smallest absolute Gasteiger partial charge is 0.124 e. The van der Waals surface area contributed by atoms with Crippen molar-refractivity contribution in [3.05, 3.63) is 59.9 Å². The van der Waals surface area contributed by atoms with Crippen molar-refractivity contribution in [1.82, 2.24) is 14.5 Å². The van der Waals surface area contributed by atoms with E-state index >= 15 is 0 Å². The number of morpholine rings is 1. The molecule has 0 spiro atoms. The van der Waals surface area contributed by atoms with Gasteiger partial charge in [0, 0.05) is 19.6 Å². The van der Waals surface area contributed by atoms with Crippen LogP contribution in [-0.4, -0.2) is 47.4 Å². The minimum absolute atomic E-state index is 0. The third-order valence-corrected chi connectivity index (χ3v) is 5.08. The van der Waals surface area contributed by atoms with E-state index in [4.69, 9.17) is 14.5 Å². The number of aryl methyl sites for hydroxylation is 2. The third-order valence-electron chi connectivity index (χ3n) is 5.08. The molecule has 2 heterocycles. The molecular weight excluding hydrogens is 374 g/mol. The first kappa shape index (κ1) is 20.6. The lowest BCUT2D eigenvalue weighted by molar-refractivity contribution is 0.0326. The second-order valence-corrected chi connectivity index (χ2v) is 7.02. The van der Waals surface area contributed by atoms with Crippen LogP contribution in [0.3, 0.4) is 0 Å². The minimum Gasteiger partial charge on any atom is -0.493 e. The summed E-state index contributed by atoms with van der Waals surface area (Å²) in [5, 5.41) is 0. The Hall–Kier alpha value is -2.08. The van der Waals surface area contributed by atoms with Crippen molar-refractivity contribution < 1.29 is 9.47 Å². The molecule has 3 aromatic rings. The number of rotatable bonds is 7. The summed E-state index contributed by atoms with van der Waals surface area (Å²) in [4.78, 5) is 7.32. The normalized spacial score (nSPS) is 14.8. The summed E-state index contributed by atoms with van der Waals surface area (Å²) in [7, 11) is 0. The van der Waals surface area contributed by atoms with E-state index in [-0.39, 0.29) is 12.4 Å². The van der Waals surface area contributed by atoms with Gasteiger partial charge in [0.05, 0.1) is 37.4 Å². The lowest BCUT2D eigenvalue weighted by Crippen LogP contribution is -2.36. The molecule has 0 aliphatic carbocycles. The molecule has 1 fully saturated rings. The van der Waals surface area contributed by atoms with Crippen LogP contribution in [0.15, 0.2) is 48.5 Å². The summed E-state index contributed by atoms with van der Waals surface area (Å²) in [6.45, 7) is 8.13. The van der Waals surface area contributed by atoms with E-state index in [0.29, 0.717) is 6.61 Å². The van der Waals surface area contributed by atoms with Gasteiger partial charge in [-0.15, -0.1) is 12.4 Å². The number of benzene rings is 2. The van der Waals surface area contributed by atoms with Crippen molar-refractivity contribution in [2.24, 2.45) is 0 Å². The molecule has 1 aliphatic rings. The van der Waals surface area contributed by atoms with E-state index < -0.39 is 0 Å². The zero-order chi connectivity index (χ0) is 18.5. The maximum Gasteiger partial charge on any atom is 0.124 e. The first-order valence-corrected chi connectivity index (χ1v) is 9.74. The summed E-state index contributed by atoms with van der Waals surface area (Å²) in [6, 6.07) is 16.6. The third kappa shape index (κ3) is 4.85. The van der Waals surface area contributed by atoms with Crippen LogP contribution < -0.4 is 4.74 Å². The van der Waals surface area contributed by atoms with Crippen LogP contribution in [0, 0.1) is 6.92 Å². The van der Waals surface area contributed by atoms with Crippen LogP contribution in [0.4, 0.5) is 0 Å². The van der Waals surface area contributed by atoms with Crippen molar-refractivity contribution in [2.75, 3.05) is 32.9 Å². The second kappa shape index (κ2) is 9.92. The van der Waals surface area contributed by atoms with Gasteiger partial charge in [-0.1, -0.05) is 30.3 Å². The van der Waals surface area contributed by atoms with Gasteiger partial charge in [-0.25, -0.2) is 4.98 Å². The first-order chi connectivity index (χ1) is 13.3. The lowest BCUT2D eigenvalue weighted by Gasteiger charge is -2.26. The Morgan fingerprint density at radius 2 is 1.79 bits per heavy atom. The lowest BCUT2D eigenvalue weighted by atomic mass is 10.2. The number of imidazole rings is 1. The Morgan fingerprint density at radius 3 is 2.61 bits per heavy atom. The van der Waals surface area contributed by atoms with Crippen LogP contribution in [0.2, 0.25) is 0 Å². The molecule has 0 N–H and O–H groups in total. The number of hydrogen-bond acceptors (Lipinski definition) is 4. The molecule has 4 rings (SSSR count). The van der Waals surface area contributed by atoms with Gasteiger partial charge < -0.3 is 14.0 Å². The van der Waals surface area contributed by atoms with Crippen LogP contribution in [0.25, 0.3) is 11.0 Å². The van der Waals surface area contributed by atoms with E-state index in [9.17, 15) is 0 Å². The number of nitrogens with zero attached hydrogens (tertiary/aromatic N) is 3. The van der Waals surface area contributed by atoms with E-state index in [2.05, 4.69) is 46.7 Å². The highest BCUT2D eigenvalue weighted by atomic mass is 35.5. The monoisotopic (exact) mass is 401 g/mol. The van der Waals surface area contributed by atoms with Crippen molar-refractivity contribution in [3.63, 3.8) is 0 Å². The molecule has 5 nitrogen and oxygen atoms in total. The molecule has 0 saturated carbocycles. The van der Waals surface area contributed by atoms with Crippen LogP contribution >= 0.6 is 12.4 Å². The van der Waals surface area contributed by atoms with Crippen LogP contribution in [-0.2, 0) is 17.8 Å². The average molecular weight is 402 g/mol. The highest BCUT2D eigenvalue weighted by molar-refractivity contribution is 5.85. The molecule has 150 valence electrons. The highest BCUT2D eigenvalue weighted by Crippen LogP contribution is 2.19. The Kier molecular flexibility index (Phi) is 7.31. The van der Waals surface area contributed by atoms with Crippen LogP contribution in [0.5, 0.6) is 5.75 Å². The quantitative estimate of drug-likeness (QED) is 0.559. The van der Waals surface area contributed by atoms with Crippen molar-refractivity contribution >= 4 is 23.4 Å². The van der Waals surface area contributed by atoms with Gasteiger partial charge in [0.1, 0.15) is 11.6 Å². The number of ether oxygens (including phenoxy) is 2. The molecule has 0 unspecified atom stereocenters. The maximum absolute atomic E-state index is 5.98. The summed E-state index contributed by atoms with van der Waals surface area (Å²) >= 11 is 0. The molecule has 1 aliphatic heterocycles. The van der Waals surface area contributed by atoms with Crippen molar-refractivity contribution in [2.45, 2.75) is 26.4 Å². The Morgan fingerprint density at radius 1 is 1.04 bits per heavy atom. The average Bonchev–Trinajstić information content (AvgIpc) is 3.04. The van der Waals surface area contributed by atoms with Crippen molar-refractivity contribution in [1.29, 1.82) is 0 Å². The molecule has 28 heavy (non-hydrogen) atoms. The van der Waals surface area contributed by atoms with Gasteiger partial charge in [0.2, 0.25) is 0 Å². The minimum atomic E-state index is 0. The predicted octanol–water partition coefficient (Wildman–Crippen LogP) is 4.07. The summed E-state index contributed by atoms with van der Waals surface area (Å²) in [6.07, 6.45) is 0.949. The fourth-order valence-corrected chi connectivity index (χ4v) is 3.58. The molecule has 1 saturated heterocycles. The molecular formula is C22H28ClN3O2. The van der Waals surface area contributed by atoms with E-state index in [1.54, 1.807) is 0 Å². The zero-order valence-corrected chi connectivity index (χ0v) is 17.2. The number of halogens is 1. The summed E-state index contributed by atoms with van der Waals surface area (Å²) < 4.78 is 13.8. The van der Waals surface area contributed by atoms with Gasteiger partial charge >= 0.3 is 0 Å². The Bertz CT molecular complexity index is 890. The van der Waals surface area contributed by atoms with Crippen LogP contribution in [0.1, 0.15) is 17.8 Å². The van der Waals surface area contributed by atoms with E-state index in [0.717, 1.165) is 62.9 Å². The largest absolute Gasteiger partial charge is 0.493 e. The zero-order valence-electron chi connectivity index (χ0n) is 16.3. The number of para-hydroxylation sites is 3. The summed E-state index contributed by atoms with van der Waals surface area (Å²) in [5.74, 6) is 2.11. The van der Waals surface area contributed by atoms with Crippen molar-refractivity contribution in [3.8, 4) is 5.75 Å². The molecule has 1 aromatic heterocycles.